The molecule has 2 nitrogen and oxygen atoms in total. The Kier molecular flexibility index (Phi) is 3.71. The van der Waals surface area contributed by atoms with E-state index in [0.717, 1.165) is 11.1 Å². The molecule has 0 unspecified atom stereocenters. The summed E-state index contributed by atoms with van der Waals surface area (Å²) in [7, 11) is 0. The van der Waals surface area contributed by atoms with Gasteiger partial charge in [-0.05, 0) is 13.0 Å². The van der Waals surface area contributed by atoms with Gasteiger partial charge in [0.15, 0.2) is 5.78 Å². The topological polar surface area (TPSA) is 30.0 Å². The van der Waals surface area contributed by atoms with Gasteiger partial charge in [0.05, 0.1) is 22.7 Å². The molecule has 0 fully saturated rings. The third-order valence-corrected chi connectivity index (χ3v) is 3.36. The van der Waals surface area contributed by atoms with Crippen LogP contribution in [0.2, 0.25) is 0 Å². The number of halogens is 3. The van der Waals surface area contributed by atoms with Crippen molar-refractivity contribution in [3.8, 4) is 0 Å². The van der Waals surface area contributed by atoms with Crippen molar-refractivity contribution in [3.05, 3.63) is 51.5 Å². The largest absolute Gasteiger partial charge is 0.417 e. The lowest BCUT2D eigenvalue weighted by molar-refractivity contribution is -0.137. The summed E-state index contributed by atoms with van der Waals surface area (Å²) < 4.78 is 38.4. The molecule has 1 aromatic heterocycles. The third kappa shape index (κ3) is 3.20. The van der Waals surface area contributed by atoms with Gasteiger partial charge in [-0.3, -0.25) is 4.79 Å². The van der Waals surface area contributed by atoms with Crippen molar-refractivity contribution in [2.24, 2.45) is 0 Å². The van der Waals surface area contributed by atoms with Crippen LogP contribution in [0.5, 0.6) is 0 Å². The molecule has 0 saturated heterocycles. The maximum atomic E-state index is 12.8. The van der Waals surface area contributed by atoms with E-state index in [0.29, 0.717) is 5.69 Å². The fourth-order valence-electron chi connectivity index (χ4n) is 1.72. The third-order valence-electron chi connectivity index (χ3n) is 2.54. The van der Waals surface area contributed by atoms with Crippen LogP contribution in [0.1, 0.15) is 26.6 Å². The molecule has 0 amide bonds. The number of benzene rings is 1. The second-order valence-electron chi connectivity index (χ2n) is 4.00. The van der Waals surface area contributed by atoms with E-state index in [1.54, 1.807) is 12.3 Å². The van der Waals surface area contributed by atoms with Gasteiger partial charge < -0.3 is 0 Å². The molecule has 0 aliphatic carbocycles. The van der Waals surface area contributed by atoms with E-state index in [1.165, 1.54) is 29.5 Å². The molecule has 0 spiro atoms. The quantitative estimate of drug-likeness (QED) is 0.801. The van der Waals surface area contributed by atoms with Crippen LogP contribution < -0.4 is 0 Å². The SMILES string of the molecule is Cc1nc(CC(=O)c2ccccc2C(F)(F)F)cs1. The molecule has 1 heterocycles. The van der Waals surface area contributed by atoms with Gasteiger partial charge in [-0.15, -0.1) is 11.3 Å². The van der Waals surface area contributed by atoms with E-state index in [4.69, 9.17) is 0 Å². The van der Waals surface area contributed by atoms with Crippen LogP contribution in [-0.4, -0.2) is 10.8 Å². The molecule has 19 heavy (non-hydrogen) atoms. The van der Waals surface area contributed by atoms with Gasteiger partial charge in [0.25, 0.3) is 0 Å². The van der Waals surface area contributed by atoms with E-state index < -0.39 is 17.5 Å². The summed E-state index contributed by atoms with van der Waals surface area (Å²) in [6, 6.07) is 4.81. The van der Waals surface area contributed by atoms with Crippen molar-refractivity contribution in [2.45, 2.75) is 19.5 Å². The van der Waals surface area contributed by atoms with Crippen LogP contribution in [0.4, 0.5) is 13.2 Å². The number of carbonyl (C=O) groups excluding carboxylic acids is 1. The summed E-state index contributed by atoms with van der Waals surface area (Å²) in [6.45, 7) is 1.78. The van der Waals surface area contributed by atoms with E-state index in [9.17, 15) is 18.0 Å². The first-order valence-corrected chi connectivity index (χ1v) is 6.36. The van der Waals surface area contributed by atoms with Crippen LogP contribution in [0.15, 0.2) is 29.6 Å². The maximum absolute atomic E-state index is 12.8. The number of alkyl halides is 3. The Morgan fingerprint density at radius 1 is 1.32 bits per heavy atom. The van der Waals surface area contributed by atoms with Crippen molar-refractivity contribution >= 4 is 17.1 Å². The van der Waals surface area contributed by atoms with Gasteiger partial charge in [-0.25, -0.2) is 4.98 Å². The van der Waals surface area contributed by atoms with Gasteiger partial charge in [0.2, 0.25) is 0 Å². The lowest BCUT2D eigenvalue weighted by Crippen LogP contribution is -2.14. The van der Waals surface area contributed by atoms with Gasteiger partial charge in [-0.1, -0.05) is 18.2 Å². The highest BCUT2D eigenvalue weighted by molar-refractivity contribution is 7.09. The molecular formula is C13H10F3NOS. The Labute approximate surface area is 111 Å². The molecule has 0 aliphatic rings. The molecule has 2 aromatic rings. The van der Waals surface area contributed by atoms with Crippen molar-refractivity contribution < 1.29 is 18.0 Å². The van der Waals surface area contributed by atoms with Crippen LogP contribution in [0, 0.1) is 6.92 Å². The zero-order valence-corrected chi connectivity index (χ0v) is 10.8. The van der Waals surface area contributed by atoms with Crippen molar-refractivity contribution in [1.82, 2.24) is 4.98 Å². The smallest absolute Gasteiger partial charge is 0.294 e. The van der Waals surface area contributed by atoms with Crippen LogP contribution >= 0.6 is 11.3 Å². The molecule has 0 bridgehead atoms. The van der Waals surface area contributed by atoms with Crippen molar-refractivity contribution in [3.63, 3.8) is 0 Å². The number of ketones is 1. The number of hydrogen-bond donors (Lipinski definition) is 0. The van der Waals surface area contributed by atoms with Crippen LogP contribution in [-0.2, 0) is 12.6 Å². The number of thiazole rings is 1. The fraction of sp³-hybridized carbons (Fsp3) is 0.231. The number of carbonyl (C=O) groups is 1. The average molecular weight is 285 g/mol. The van der Waals surface area contributed by atoms with Crippen molar-refractivity contribution in [1.29, 1.82) is 0 Å². The first-order valence-electron chi connectivity index (χ1n) is 5.48. The number of nitrogens with zero attached hydrogens (tertiary/aromatic N) is 1. The molecule has 0 saturated carbocycles. The second kappa shape index (κ2) is 5.13. The summed E-state index contributed by atoms with van der Waals surface area (Å²) in [5.74, 6) is -0.571. The zero-order valence-electron chi connectivity index (χ0n) is 9.99. The molecule has 2 rings (SSSR count). The Hall–Kier alpha value is -1.69. The molecular weight excluding hydrogens is 275 g/mol. The minimum Gasteiger partial charge on any atom is -0.294 e. The normalized spacial score (nSPS) is 11.6. The lowest BCUT2D eigenvalue weighted by atomic mass is 10.0. The van der Waals surface area contributed by atoms with E-state index in [-0.39, 0.29) is 12.0 Å². The van der Waals surface area contributed by atoms with Gasteiger partial charge in [0, 0.05) is 10.9 Å². The summed E-state index contributed by atoms with van der Waals surface area (Å²) in [4.78, 5) is 16.0. The average Bonchev–Trinajstić information content (AvgIpc) is 2.73. The summed E-state index contributed by atoms with van der Waals surface area (Å²) in [5, 5.41) is 2.47. The Morgan fingerprint density at radius 2 is 2.00 bits per heavy atom. The van der Waals surface area contributed by atoms with E-state index >= 15 is 0 Å². The lowest BCUT2D eigenvalue weighted by Gasteiger charge is -2.11. The summed E-state index contributed by atoms with van der Waals surface area (Å²) in [6.07, 6.45) is -4.64. The van der Waals surface area contributed by atoms with E-state index in [1.807, 2.05) is 0 Å². The molecule has 0 aliphatic heterocycles. The molecule has 0 atom stereocenters. The predicted octanol–water partition coefficient (Wildman–Crippen LogP) is 3.90. The molecule has 6 heteroatoms. The monoisotopic (exact) mass is 285 g/mol. The standard InChI is InChI=1S/C13H10F3NOS/c1-8-17-9(7-19-8)6-12(18)10-4-2-3-5-11(10)13(14,15)16/h2-5,7H,6H2,1H3. The highest BCUT2D eigenvalue weighted by Gasteiger charge is 2.34. The fourth-order valence-corrected chi connectivity index (χ4v) is 2.34. The van der Waals surface area contributed by atoms with Gasteiger partial charge in [0.1, 0.15) is 0 Å². The number of aromatic nitrogens is 1. The number of aryl methyl sites for hydroxylation is 1. The Balaban J connectivity index is 2.29. The molecule has 100 valence electrons. The van der Waals surface area contributed by atoms with Gasteiger partial charge >= 0.3 is 6.18 Å². The molecule has 0 radical (unpaired) electrons. The number of Topliss-reactive ketones (excluding diaryl/α,β-unsaturated/α-hetero) is 1. The summed E-state index contributed by atoms with van der Waals surface area (Å²) >= 11 is 1.37. The summed E-state index contributed by atoms with van der Waals surface area (Å²) in [5.41, 5.74) is -0.697. The highest BCUT2D eigenvalue weighted by atomic mass is 32.1. The Morgan fingerprint density at radius 3 is 2.58 bits per heavy atom. The Bertz CT molecular complexity index is 604. The zero-order chi connectivity index (χ0) is 14.0. The first kappa shape index (κ1) is 13.7. The minimum atomic E-state index is -4.52. The number of hydrogen-bond acceptors (Lipinski definition) is 3. The number of rotatable bonds is 3. The van der Waals surface area contributed by atoms with E-state index in [2.05, 4.69) is 4.98 Å². The van der Waals surface area contributed by atoms with Crippen molar-refractivity contribution in [2.75, 3.05) is 0 Å². The van der Waals surface area contributed by atoms with Crippen LogP contribution in [0.25, 0.3) is 0 Å². The maximum Gasteiger partial charge on any atom is 0.417 e. The highest BCUT2D eigenvalue weighted by Crippen LogP contribution is 2.32. The predicted molar refractivity (Wildman–Crippen MR) is 66.3 cm³/mol. The van der Waals surface area contributed by atoms with Gasteiger partial charge in [-0.2, -0.15) is 13.2 Å². The molecule has 1 aromatic carbocycles. The van der Waals surface area contributed by atoms with Crippen LogP contribution in [0.3, 0.4) is 0 Å². The minimum absolute atomic E-state index is 0.114. The molecule has 0 N–H and O–H groups in total. The second-order valence-corrected chi connectivity index (χ2v) is 5.06. The first-order chi connectivity index (χ1) is 8.88.